The van der Waals surface area contributed by atoms with Crippen molar-refractivity contribution in [1.82, 2.24) is 0 Å². The highest BCUT2D eigenvalue weighted by Crippen LogP contribution is 2.67. The second-order valence-corrected chi connectivity index (χ2v) is 13.9. The van der Waals surface area contributed by atoms with Crippen LogP contribution in [-0.4, -0.2) is 22.8 Å². The summed E-state index contributed by atoms with van der Waals surface area (Å²) in [6.07, 6.45) is 13.8. The van der Waals surface area contributed by atoms with Gasteiger partial charge in [-0.05, 0) is 111 Å². The van der Waals surface area contributed by atoms with Crippen molar-refractivity contribution in [2.24, 2.45) is 52.3 Å². The number of cyclic esters (lactones) is 1. The fourth-order valence-electron chi connectivity index (χ4n) is 10.3. The summed E-state index contributed by atoms with van der Waals surface area (Å²) in [5, 5.41) is 10.3. The Morgan fingerprint density at radius 1 is 1.00 bits per heavy atom. The zero-order valence-electron chi connectivity index (χ0n) is 22.0. The highest BCUT2D eigenvalue weighted by Gasteiger charge is 2.60. The molecule has 0 bridgehead atoms. The smallest absolute Gasteiger partial charge is 0.306 e. The molecule has 0 amide bonds. The van der Waals surface area contributed by atoms with Gasteiger partial charge in [-0.1, -0.05) is 46.3 Å². The molecule has 1 N–H and O–H groups in total. The Kier molecular flexibility index (Phi) is 5.87. The minimum atomic E-state index is -0.296. The number of rotatable bonds is 4. The molecule has 5 rings (SSSR count). The Morgan fingerprint density at radius 2 is 1.76 bits per heavy atom. The third-order valence-corrected chi connectivity index (χ3v) is 11.9. The predicted molar refractivity (Wildman–Crippen MR) is 132 cm³/mol. The normalized spacial score (nSPS) is 50.3. The van der Waals surface area contributed by atoms with E-state index in [0.29, 0.717) is 35.0 Å². The number of aliphatic hydroxyl groups excluding tert-OH is 1. The number of hydrogen-bond acceptors (Lipinski definition) is 3. The number of ether oxygens (including phenoxy) is 1. The van der Waals surface area contributed by atoms with Crippen LogP contribution in [0, 0.1) is 52.3 Å². The molecule has 0 spiro atoms. The van der Waals surface area contributed by atoms with Gasteiger partial charge >= 0.3 is 5.97 Å². The van der Waals surface area contributed by atoms with Gasteiger partial charge in [-0.2, -0.15) is 0 Å². The number of allylic oxidation sites excluding steroid dienone is 1. The van der Waals surface area contributed by atoms with Crippen LogP contribution in [-0.2, 0) is 9.53 Å². The van der Waals surface area contributed by atoms with Gasteiger partial charge in [0.15, 0.2) is 0 Å². The first kappa shape index (κ1) is 23.9. The highest BCUT2D eigenvalue weighted by molar-refractivity contribution is 5.72. The van der Waals surface area contributed by atoms with Crippen LogP contribution in [0.1, 0.15) is 106 Å². The molecule has 0 aromatic heterocycles. The minimum absolute atomic E-state index is 0.00931. The van der Waals surface area contributed by atoms with Gasteiger partial charge in [0.2, 0.25) is 0 Å². The lowest BCUT2D eigenvalue weighted by Crippen LogP contribution is -2.51. The van der Waals surface area contributed by atoms with Crippen LogP contribution < -0.4 is 0 Å². The van der Waals surface area contributed by atoms with Gasteiger partial charge in [0.1, 0.15) is 5.60 Å². The molecule has 33 heavy (non-hydrogen) atoms. The van der Waals surface area contributed by atoms with Gasteiger partial charge < -0.3 is 9.84 Å². The van der Waals surface area contributed by atoms with Crippen LogP contribution in [0.3, 0.4) is 0 Å². The fourth-order valence-corrected chi connectivity index (χ4v) is 10.3. The summed E-state index contributed by atoms with van der Waals surface area (Å²) in [7, 11) is 0. The molecule has 1 aliphatic heterocycles. The first-order valence-electron chi connectivity index (χ1n) is 14.1. The predicted octanol–water partition coefficient (Wildman–Crippen LogP) is 6.93. The number of carbonyl (C=O) groups excluding carboxylic acids is 1. The third kappa shape index (κ3) is 3.66. The second kappa shape index (κ2) is 8.10. The topological polar surface area (TPSA) is 46.5 Å². The SMILES string of the molecule is CC(C)C1CC(=O)OC1(C)C[C@@H](C)[C@H]1CC[C@H]2[C@@H]3CC=C4C[C@@H](O)CC[C@]4(C)[C@H]3CC[C@]12C. The summed E-state index contributed by atoms with van der Waals surface area (Å²) in [6, 6.07) is 0. The quantitative estimate of drug-likeness (QED) is 0.368. The van der Waals surface area contributed by atoms with Crippen LogP contribution in [0.5, 0.6) is 0 Å². The van der Waals surface area contributed by atoms with Crippen LogP contribution in [0.2, 0.25) is 0 Å². The molecule has 1 saturated heterocycles. The van der Waals surface area contributed by atoms with Gasteiger partial charge in [-0.25, -0.2) is 0 Å². The highest BCUT2D eigenvalue weighted by atomic mass is 16.6. The molecule has 3 nitrogen and oxygen atoms in total. The van der Waals surface area contributed by atoms with Crippen molar-refractivity contribution in [3.8, 4) is 0 Å². The van der Waals surface area contributed by atoms with E-state index in [0.717, 1.165) is 42.9 Å². The van der Waals surface area contributed by atoms with Crippen molar-refractivity contribution in [3.05, 3.63) is 11.6 Å². The third-order valence-electron chi connectivity index (χ3n) is 11.9. The lowest BCUT2D eigenvalue weighted by molar-refractivity contribution is -0.150. The Bertz CT molecular complexity index is 815. The molecule has 0 aromatic rings. The molecule has 3 saturated carbocycles. The average molecular weight is 457 g/mol. The van der Waals surface area contributed by atoms with E-state index in [1.54, 1.807) is 5.57 Å². The van der Waals surface area contributed by atoms with Crippen LogP contribution in [0.25, 0.3) is 0 Å². The monoisotopic (exact) mass is 456 g/mol. The molecule has 0 radical (unpaired) electrons. The Labute approximate surface area is 202 Å². The van der Waals surface area contributed by atoms with Crippen LogP contribution in [0.4, 0.5) is 0 Å². The van der Waals surface area contributed by atoms with E-state index < -0.39 is 0 Å². The maximum atomic E-state index is 12.2. The van der Waals surface area contributed by atoms with E-state index >= 15 is 0 Å². The maximum Gasteiger partial charge on any atom is 0.306 e. The Balaban J connectivity index is 1.35. The van der Waals surface area contributed by atoms with Crippen molar-refractivity contribution in [2.75, 3.05) is 0 Å². The van der Waals surface area contributed by atoms with Gasteiger partial charge in [0.05, 0.1) is 12.5 Å². The molecule has 2 unspecified atom stereocenters. The summed E-state index contributed by atoms with van der Waals surface area (Å²) in [5.74, 6) is 4.59. The van der Waals surface area contributed by atoms with E-state index in [1.165, 1.54) is 38.5 Å². The summed E-state index contributed by atoms with van der Waals surface area (Å²) in [6.45, 7) is 14.3. The second-order valence-electron chi connectivity index (χ2n) is 13.9. The zero-order valence-corrected chi connectivity index (χ0v) is 22.0. The first-order chi connectivity index (χ1) is 15.5. The van der Waals surface area contributed by atoms with Crippen LogP contribution in [0.15, 0.2) is 11.6 Å². The number of fused-ring (bicyclic) bond motifs is 5. The van der Waals surface area contributed by atoms with E-state index in [2.05, 4.69) is 47.6 Å². The fraction of sp³-hybridized carbons (Fsp3) is 0.900. The van der Waals surface area contributed by atoms with E-state index in [9.17, 15) is 9.90 Å². The molecular formula is C30H48O3. The van der Waals surface area contributed by atoms with E-state index in [4.69, 9.17) is 4.74 Å². The van der Waals surface area contributed by atoms with Gasteiger partial charge in [-0.15, -0.1) is 0 Å². The number of hydrogen-bond donors (Lipinski definition) is 1. The molecule has 0 aromatic carbocycles. The molecule has 10 atom stereocenters. The Morgan fingerprint density at radius 3 is 2.48 bits per heavy atom. The lowest BCUT2D eigenvalue weighted by Gasteiger charge is -2.58. The zero-order chi connectivity index (χ0) is 23.8. The minimum Gasteiger partial charge on any atom is -0.459 e. The summed E-state index contributed by atoms with van der Waals surface area (Å²) < 4.78 is 6.02. The van der Waals surface area contributed by atoms with Crippen molar-refractivity contribution in [2.45, 2.75) is 117 Å². The molecule has 4 aliphatic carbocycles. The Hall–Kier alpha value is -0.830. The van der Waals surface area contributed by atoms with Crippen molar-refractivity contribution >= 4 is 5.97 Å². The van der Waals surface area contributed by atoms with Gasteiger partial charge in [0, 0.05) is 5.92 Å². The van der Waals surface area contributed by atoms with E-state index in [-0.39, 0.29) is 17.7 Å². The summed E-state index contributed by atoms with van der Waals surface area (Å²) in [4.78, 5) is 12.2. The number of carbonyl (C=O) groups is 1. The van der Waals surface area contributed by atoms with E-state index in [1.807, 2.05) is 0 Å². The first-order valence-corrected chi connectivity index (χ1v) is 14.1. The molecule has 5 aliphatic rings. The lowest BCUT2D eigenvalue weighted by atomic mass is 9.47. The molecule has 3 heteroatoms. The standard InChI is InChI=1S/C30H48O3/c1-18(2)26-16-27(32)33-30(26,6)17-19(3)23-9-10-24-22-8-7-20-15-21(31)11-13-28(20,4)25(22)12-14-29(23,24)5/h7,18-19,21-26,31H,8-17H2,1-6H3/t19-,21+,22+,23-,24+,25+,26?,28+,29-,30?/m1/s1. The largest absolute Gasteiger partial charge is 0.459 e. The summed E-state index contributed by atoms with van der Waals surface area (Å²) >= 11 is 0. The van der Waals surface area contributed by atoms with Crippen molar-refractivity contribution < 1.29 is 14.6 Å². The van der Waals surface area contributed by atoms with Gasteiger partial charge in [0.25, 0.3) is 0 Å². The van der Waals surface area contributed by atoms with Crippen molar-refractivity contribution in [3.63, 3.8) is 0 Å². The van der Waals surface area contributed by atoms with Gasteiger partial charge in [-0.3, -0.25) is 4.79 Å². The number of esters is 1. The molecule has 1 heterocycles. The van der Waals surface area contributed by atoms with Crippen molar-refractivity contribution in [1.29, 1.82) is 0 Å². The maximum absolute atomic E-state index is 12.2. The molecule has 4 fully saturated rings. The van der Waals surface area contributed by atoms with Crippen LogP contribution >= 0.6 is 0 Å². The molecular weight excluding hydrogens is 408 g/mol. The summed E-state index contributed by atoms with van der Waals surface area (Å²) in [5.41, 5.74) is 2.02. The average Bonchev–Trinajstić information content (AvgIpc) is 3.24. The number of aliphatic hydroxyl groups is 1. The molecule has 186 valence electrons.